The highest BCUT2D eigenvalue weighted by Gasteiger charge is 2.69. The predicted molar refractivity (Wildman–Crippen MR) is 98.8 cm³/mol. The summed E-state index contributed by atoms with van der Waals surface area (Å²) in [5, 5.41) is 12.6. The number of fused-ring (bicyclic) bond motifs is 1. The van der Waals surface area contributed by atoms with Gasteiger partial charge in [0.25, 0.3) is 0 Å². The molecule has 1 saturated carbocycles. The SMILES string of the molecule is CC(C)[C@H](NC(=O)CC1CCOCC1)C(=O)N1C[C@H]2[C@@H]([C@H]1C(=O)O)C2(C)C. The number of hydrogen-bond donors (Lipinski definition) is 2. The molecule has 2 aliphatic heterocycles. The molecule has 4 atom stereocenters. The van der Waals surface area contributed by atoms with E-state index in [1.54, 1.807) is 0 Å². The molecule has 0 unspecified atom stereocenters. The molecule has 1 aliphatic carbocycles. The van der Waals surface area contributed by atoms with Crippen molar-refractivity contribution in [2.24, 2.45) is 29.1 Å². The fourth-order valence-corrected chi connectivity index (χ4v) is 4.93. The van der Waals surface area contributed by atoms with E-state index < -0.39 is 18.1 Å². The smallest absolute Gasteiger partial charge is 0.326 e. The Bertz CT molecular complexity index is 611. The molecule has 3 aliphatic rings. The Hall–Kier alpha value is -1.63. The number of carboxylic acid groups (broad SMARTS) is 1. The molecular formula is C20H32N2O5. The highest BCUT2D eigenvalue weighted by molar-refractivity contribution is 5.91. The van der Waals surface area contributed by atoms with E-state index in [0.29, 0.717) is 26.2 Å². The van der Waals surface area contributed by atoms with Crippen LogP contribution in [0.15, 0.2) is 0 Å². The number of carbonyl (C=O) groups excluding carboxylic acids is 2. The van der Waals surface area contributed by atoms with Gasteiger partial charge in [0.2, 0.25) is 11.8 Å². The second-order valence-corrected chi connectivity index (χ2v) is 9.28. The van der Waals surface area contributed by atoms with Crippen LogP contribution < -0.4 is 5.32 Å². The lowest BCUT2D eigenvalue weighted by molar-refractivity contribution is -0.152. The lowest BCUT2D eigenvalue weighted by atomic mass is 9.95. The molecule has 7 heteroatoms. The van der Waals surface area contributed by atoms with Crippen LogP contribution in [0, 0.1) is 29.1 Å². The average Bonchev–Trinajstić information content (AvgIpc) is 2.96. The van der Waals surface area contributed by atoms with E-state index in [1.165, 1.54) is 4.90 Å². The number of nitrogens with zero attached hydrogens (tertiary/aromatic N) is 1. The molecule has 3 rings (SSSR count). The van der Waals surface area contributed by atoms with Crippen molar-refractivity contribution in [1.29, 1.82) is 0 Å². The first kappa shape index (κ1) is 20.1. The number of rotatable bonds is 6. The summed E-state index contributed by atoms with van der Waals surface area (Å²) >= 11 is 0. The van der Waals surface area contributed by atoms with E-state index >= 15 is 0 Å². The van der Waals surface area contributed by atoms with Gasteiger partial charge in [-0.2, -0.15) is 0 Å². The van der Waals surface area contributed by atoms with Crippen molar-refractivity contribution in [2.75, 3.05) is 19.8 Å². The highest BCUT2D eigenvalue weighted by atomic mass is 16.5. The molecule has 7 nitrogen and oxygen atoms in total. The number of ether oxygens (including phenoxy) is 1. The topological polar surface area (TPSA) is 95.9 Å². The number of amides is 2. The molecule has 2 saturated heterocycles. The van der Waals surface area contributed by atoms with Gasteiger partial charge in [-0.05, 0) is 36.0 Å². The molecule has 3 fully saturated rings. The van der Waals surface area contributed by atoms with Crippen LogP contribution in [0.3, 0.4) is 0 Å². The van der Waals surface area contributed by atoms with Gasteiger partial charge in [0, 0.05) is 32.1 Å². The highest BCUT2D eigenvalue weighted by Crippen LogP contribution is 2.64. The number of piperidine rings is 1. The third kappa shape index (κ3) is 3.84. The molecule has 0 aromatic heterocycles. The van der Waals surface area contributed by atoms with Crippen molar-refractivity contribution in [3.05, 3.63) is 0 Å². The molecular weight excluding hydrogens is 348 g/mol. The number of likely N-dealkylation sites (tertiary alicyclic amines) is 1. The molecule has 0 aromatic rings. The van der Waals surface area contributed by atoms with Gasteiger partial charge < -0.3 is 20.1 Å². The monoisotopic (exact) mass is 380 g/mol. The Labute approximate surface area is 160 Å². The number of carboxylic acids is 1. The molecule has 2 amide bonds. The van der Waals surface area contributed by atoms with Crippen molar-refractivity contribution in [2.45, 2.75) is 59.0 Å². The van der Waals surface area contributed by atoms with Crippen molar-refractivity contribution in [3.63, 3.8) is 0 Å². The largest absolute Gasteiger partial charge is 0.480 e. The summed E-state index contributed by atoms with van der Waals surface area (Å²) in [6.07, 6.45) is 2.11. The van der Waals surface area contributed by atoms with Crippen LogP contribution in [-0.2, 0) is 19.1 Å². The lowest BCUT2D eigenvalue weighted by Gasteiger charge is -2.33. The summed E-state index contributed by atoms with van der Waals surface area (Å²) in [7, 11) is 0. The lowest BCUT2D eigenvalue weighted by Crippen LogP contribution is -2.55. The number of carbonyl (C=O) groups is 3. The van der Waals surface area contributed by atoms with E-state index in [4.69, 9.17) is 4.74 Å². The van der Waals surface area contributed by atoms with E-state index in [-0.39, 0.29) is 40.9 Å². The first-order chi connectivity index (χ1) is 12.6. The van der Waals surface area contributed by atoms with Crippen LogP contribution in [0.25, 0.3) is 0 Å². The third-order valence-electron chi connectivity index (χ3n) is 6.81. The zero-order chi connectivity index (χ0) is 19.9. The van der Waals surface area contributed by atoms with Gasteiger partial charge in [-0.25, -0.2) is 4.79 Å². The standard InChI is InChI=1S/C20H32N2O5/c1-11(2)16(21-14(23)9-12-5-7-27-8-6-12)18(24)22-10-13-15(20(13,3)4)17(22)19(25)26/h11-13,15-17H,5-10H2,1-4H3,(H,21,23)(H,25,26)/t13-,15-,16-,17-/m0/s1. The van der Waals surface area contributed by atoms with Crippen LogP contribution >= 0.6 is 0 Å². The Morgan fingerprint density at radius 2 is 1.85 bits per heavy atom. The van der Waals surface area contributed by atoms with Crippen molar-refractivity contribution < 1.29 is 24.2 Å². The van der Waals surface area contributed by atoms with Crippen LogP contribution in [0.2, 0.25) is 0 Å². The zero-order valence-electron chi connectivity index (χ0n) is 16.7. The van der Waals surface area contributed by atoms with Crippen LogP contribution in [-0.4, -0.2) is 59.6 Å². The number of nitrogens with one attached hydrogen (secondary N) is 1. The van der Waals surface area contributed by atoms with Crippen LogP contribution in [0.4, 0.5) is 0 Å². The maximum absolute atomic E-state index is 13.1. The number of hydrogen-bond acceptors (Lipinski definition) is 4. The minimum atomic E-state index is -0.947. The van der Waals surface area contributed by atoms with Gasteiger partial charge >= 0.3 is 5.97 Å². The third-order valence-corrected chi connectivity index (χ3v) is 6.81. The van der Waals surface area contributed by atoms with Crippen molar-refractivity contribution in [1.82, 2.24) is 10.2 Å². The Kier molecular flexibility index (Phi) is 5.52. The maximum Gasteiger partial charge on any atom is 0.326 e. The van der Waals surface area contributed by atoms with E-state index in [9.17, 15) is 19.5 Å². The summed E-state index contributed by atoms with van der Waals surface area (Å²) in [6, 6.07) is -1.47. The molecule has 0 aromatic carbocycles. The molecule has 0 bridgehead atoms. The molecule has 0 radical (unpaired) electrons. The first-order valence-electron chi connectivity index (χ1n) is 10.0. The normalized spacial score (nSPS) is 30.7. The summed E-state index contributed by atoms with van der Waals surface area (Å²) in [5.74, 6) is -0.925. The van der Waals surface area contributed by atoms with Crippen LogP contribution in [0.5, 0.6) is 0 Å². The van der Waals surface area contributed by atoms with Crippen LogP contribution in [0.1, 0.15) is 47.0 Å². The Morgan fingerprint density at radius 3 is 2.41 bits per heavy atom. The zero-order valence-corrected chi connectivity index (χ0v) is 16.7. The average molecular weight is 380 g/mol. The van der Waals surface area contributed by atoms with Gasteiger partial charge in [0.05, 0.1) is 0 Å². The van der Waals surface area contributed by atoms with E-state index in [0.717, 1.165) is 12.8 Å². The minimum Gasteiger partial charge on any atom is -0.480 e. The fourth-order valence-electron chi connectivity index (χ4n) is 4.93. The second kappa shape index (κ2) is 7.41. The van der Waals surface area contributed by atoms with Crippen molar-refractivity contribution in [3.8, 4) is 0 Å². The van der Waals surface area contributed by atoms with Gasteiger partial charge in [0.1, 0.15) is 12.1 Å². The molecule has 2 heterocycles. The van der Waals surface area contributed by atoms with Gasteiger partial charge in [0.15, 0.2) is 0 Å². The maximum atomic E-state index is 13.1. The Balaban J connectivity index is 1.65. The van der Waals surface area contributed by atoms with Gasteiger partial charge in [-0.1, -0.05) is 27.7 Å². The molecule has 0 spiro atoms. The fraction of sp³-hybridized carbons (Fsp3) is 0.850. The molecule has 27 heavy (non-hydrogen) atoms. The molecule has 2 N–H and O–H groups in total. The summed E-state index contributed by atoms with van der Waals surface area (Å²) in [4.78, 5) is 38.9. The van der Waals surface area contributed by atoms with E-state index in [1.807, 2.05) is 13.8 Å². The first-order valence-corrected chi connectivity index (χ1v) is 10.0. The Morgan fingerprint density at radius 1 is 1.22 bits per heavy atom. The number of aliphatic carboxylic acids is 1. The quantitative estimate of drug-likeness (QED) is 0.728. The van der Waals surface area contributed by atoms with Gasteiger partial charge in [-0.15, -0.1) is 0 Å². The van der Waals surface area contributed by atoms with Crippen molar-refractivity contribution >= 4 is 17.8 Å². The minimum absolute atomic E-state index is 0.00435. The van der Waals surface area contributed by atoms with Gasteiger partial charge in [-0.3, -0.25) is 9.59 Å². The summed E-state index contributed by atoms with van der Waals surface area (Å²) in [6.45, 7) is 9.72. The summed E-state index contributed by atoms with van der Waals surface area (Å²) < 4.78 is 5.32. The van der Waals surface area contributed by atoms with E-state index in [2.05, 4.69) is 19.2 Å². The second-order valence-electron chi connectivity index (χ2n) is 9.28. The predicted octanol–water partition coefficient (Wildman–Crippen LogP) is 1.51. The summed E-state index contributed by atoms with van der Waals surface area (Å²) in [5.41, 5.74) is -0.0283. The molecule has 152 valence electrons.